The van der Waals surface area contributed by atoms with Gasteiger partial charge in [0.2, 0.25) is 0 Å². The molecule has 4 aromatic carbocycles. The van der Waals surface area contributed by atoms with Crippen LogP contribution < -0.4 is 5.43 Å². The predicted octanol–water partition coefficient (Wildman–Crippen LogP) is 6.35. The summed E-state index contributed by atoms with van der Waals surface area (Å²) in [6, 6.07) is 36.9. The van der Waals surface area contributed by atoms with Crippen molar-refractivity contribution in [2.45, 2.75) is 0 Å². The average Bonchev–Trinajstić information content (AvgIpc) is 3.36. The summed E-state index contributed by atoms with van der Waals surface area (Å²) in [5.41, 5.74) is 9.80. The second-order valence-corrected chi connectivity index (χ2v) is 7.90. The molecule has 0 bridgehead atoms. The molecule has 0 aliphatic carbocycles. The zero-order valence-corrected chi connectivity index (χ0v) is 18.7. The Balaban J connectivity index is 1.39. The number of anilines is 1. The number of carboxylic acids is 1. The Labute approximate surface area is 202 Å². The lowest BCUT2D eigenvalue weighted by atomic mass is 10.1. The Kier molecular flexibility index (Phi) is 6.17. The van der Waals surface area contributed by atoms with Crippen LogP contribution in [0.25, 0.3) is 28.2 Å². The number of aromatic nitrogens is 2. The van der Waals surface area contributed by atoms with Crippen molar-refractivity contribution in [3.8, 4) is 28.2 Å². The molecule has 0 aliphatic rings. The van der Waals surface area contributed by atoms with Crippen molar-refractivity contribution in [2.24, 2.45) is 5.10 Å². The predicted molar refractivity (Wildman–Crippen MR) is 139 cm³/mol. The molecule has 0 atom stereocenters. The SMILES string of the molecule is O=C(O)c1ccc(NN=Cc2ccc(-n3nc(-c4ccccc4)cc3-c3ccccc3)cc2)cc1. The van der Waals surface area contributed by atoms with E-state index >= 15 is 0 Å². The Bertz CT molecular complexity index is 1460. The van der Waals surface area contributed by atoms with Crippen LogP contribution in [-0.2, 0) is 0 Å². The van der Waals surface area contributed by atoms with Crippen LogP contribution in [0.5, 0.6) is 0 Å². The Morgan fingerprint density at radius 2 is 1.43 bits per heavy atom. The van der Waals surface area contributed by atoms with Crippen molar-refractivity contribution in [2.75, 3.05) is 5.43 Å². The number of hydrogen-bond donors (Lipinski definition) is 2. The van der Waals surface area contributed by atoms with Crippen molar-refractivity contribution in [1.29, 1.82) is 0 Å². The second kappa shape index (κ2) is 9.89. The van der Waals surface area contributed by atoms with Gasteiger partial charge >= 0.3 is 5.97 Å². The molecule has 0 aliphatic heterocycles. The van der Waals surface area contributed by atoms with E-state index in [4.69, 9.17) is 10.2 Å². The smallest absolute Gasteiger partial charge is 0.335 e. The Morgan fingerprint density at radius 3 is 2.06 bits per heavy atom. The summed E-state index contributed by atoms with van der Waals surface area (Å²) in [5, 5.41) is 18.1. The van der Waals surface area contributed by atoms with E-state index in [0.717, 1.165) is 33.8 Å². The molecule has 0 saturated carbocycles. The van der Waals surface area contributed by atoms with E-state index in [1.807, 2.05) is 65.3 Å². The van der Waals surface area contributed by atoms with E-state index in [9.17, 15) is 4.79 Å². The van der Waals surface area contributed by atoms with E-state index in [0.29, 0.717) is 5.69 Å². The Morgan fingerprint density at radius 1 is 0.800 bits per heavy atom. The maximum Gasteiger partial charge on any atom is 0.335 e. The highest BCUT2D eigenvalue weighted by atomic mass is 16.4. The number of carbonyl (C=O) groups is 1. The summed E-state index contributed by atoms with van der Waals surface area (Å²) in [6.07, 6.45) is 1.71. The molecule has 35 heavy (non-hydrogen) atoms. The first-order chi connectivity index (χ1) is 17.2. The molecule has 2 N–H and O–H groups in total. The molecule has 1 heterocycles. The first-order valence-corrected chi connectivity index (χ1v) is 11.1. The largest absolute Gasteiger partial charge is 0.478 e. The van der Waals surface area contributed by atoms with Gasteiger partial charge in [-0.1, -0.05) is 72.8 Å². The average molecular weight is 459 g/mol. The third-order valence-corrected chi connectivity index (χ3v) is 5.53. The third-order valence-electron chi connectivity index (χ3n) is 5.53. The van der Waals surface area contributed by atoms with E-state index in [1.54, 1.807) is 18.3 Å². The summed E-state index contributed by atoms with van der Waals surface area (Å²) in [7, 11) is 0. The fourth-order valence-electron chi connectivity index (χ4n) is 3.71. The van der Waals surface area contributed by atoms with Gasteiger partial charge in [-0.3, -0.25) is 5.43 Å². The van der Waals surface area contributed by atoms with Crippen molar-refractivity contribution in [1.82, 2.24) is 9.78 Å². The maximum atomic E-state index is 11.0. The molecule has 0 saturated heterocycles. The lowest BCUT2D eigenvalue weighted by molar-refractivity contribution is 0.0697. The summed E-state index contributed by atoms with van der Waals surface area (Å²) in [4.78, 5) is 11.0. The highest BCUT2D eigenvalue weighted by Gasteiger charge is 2.13. The molecular formula is C29H22N4O2. The highest BCUT2D eigenvalue weighted by Crippen LogP contribution is 2.28. The minimum Gasteiger partial charge on any atom is -0.478 e. The van der Waals surface area contributed by atoms with Crippen LogP contribution in [-0.4, -0.2) is 27.1 Å². The standard InChI is InChI=1S/C29H22N4O2/c34-29(35)24-13-15-25(16-14-24)31-30-20-21-11-17-26(18-12-21)33-28(23-9-5-2-6-10-23)19-27(32-33)22-7-3-1-4-8-22/h1-20,31H,(H,34,35). The zero-order valence-electron chi connectivity index (χ0n) is 18.7. The first kappa shape index (κ1) is 21.9. The minimum atomic E-state index is -0.955. The van der Waals surface area contributed by atoms with Crippen molar-refractivity contribution in [3.63, 3.8) is 0 Å². The van der Waals surface area contributed by atoms with Crippen LogP contribution in [0.2, 0.25) is 0 Å². The molecule has 6 nitrogen and oxygen atoms in total. The molecule has 6 heteroatoms. The van der Waals surface area contributed by atoms with Crippen molar-refractivity contribution in [3.05, 3.63) is 126 Å². The number of nitrogens with one attached hydrogen (secondary N) is 1. The lowest BCUT2D eigenvalue weighted by Gasteiger charge is -2.08. The summed E-state index contributed by atoms with van der Waals surface area (Å²) in [5.74, 6) is -0.955. The van der Waals surface area contributed by atoms with Gasteiger partial charge < -0.3 is 5.11 Å². The second-order valence-electron chi connectivity index (χ2n) is 7.90. The van der Waals surface area contributed by atoms with Gasteiger partial charge in [0, 0.05) is 11.1 Å². The van der Waals surface area contributed by atoms with Gasteiger partial charge in [0.25, 0.3) is 0 Å². The van der Waals surface area contributed by atoms with Crippen LogP contribution in [0.15, 0.2) is 120 Å². The van der Waals surface area contributed by atoms with E-state index < -0.39 is 5.97 Å². The molecule has 0 fully saturated rings. The van der Waals surface area contributed by atoms with Gasteiger partial charge in [-0.05, 0) is 48.0 Å². The van der Waals surface area contributed by atoms with E-state index in [1.165, 1.54) is 12.1 Å². The normalized spacial score (nSPS) is 11.0. The first-order valence-electron chi connectivity index (χ1n) is 11.1. The summed E-state index contributed by atoms with van der Waals surface area (Å²) < 4.78 is 1.96. The van der Waals surface area contributed by atoms with Crippen LogP contribution >= 0.6 is 0 Å². The van der Waals surface area contributed by atoms with Crippen LogP contribution in [0.1, 0.15) is 15.9 Å². The van der Waals surface area contributed by atoms with Gasteiger partial charge in [-0.25, -0.2) is 9.48 Å². The molecule has 0 amide bonds. The van der Waals surface area contributed by atoms with Gasteiger partial charge in [0.05, 0.1) is 34.5 Å². The quantitative estimate of drug-likeness (QED) is 0.220. The topological polar surface area (TPSA) is 79.5 Å². The number of carboxylic acid groups (broad SMARTS) is 1. The molecular weight excluding hydrogens is 436 g/mol. The molecule has 0 spiro atoms. The number of hydrogen-bond acceptors (Lipinski definition) is 4. The summed E-state index contributed by atoms with van der Waals surface area (Å²) in [6.45, 7) is 0. The van der Waals surface area contributed by atoms with Crippen molar-refractivity contribution < 1.29 is 9.90 Å². The van der Waals surface area contributed by atoms with Crippen LogP contribution in [0.3, 0.4) is 0 Å². The number of nitrogens with zero attached hydrogens (tertiary/aromatic N) is 3. The van der Waals surface area contributed by atoms with E-state index in [2.05, 4.69) is 40.9 Å². The monoisotopic (exact) mass is 458 g/mol. The zero-order chi connectivity index (χ0) is 24.0. The number of benzene rings is 4. The Hall–Kier alpha value is -4.97. The fraction of sp³-hybridized carbons (Fsp3) is 0. The number of hydrazone groups is 1. The van der Waals surface area contributed by atoms with Gasteiger partial charge in [0.15, 0.2) is 0 Å². The van der Waals surface area contributed by atoms with Crippen LogP contribution in [0, 0.1) is 0 Å². The fourth-order valence-corrected chi connectivity index (χ4v) is 3.71. The number of aromatic carboxylic acids is 1. The molecule has 5 rings (SSSR count). The van der Waals surface area contributed by atoms with Gasteiger partial charge in [0.1, 0.15) is 0 Å². The van der Waals surface area contributed by atoms with Gasteiger partial charge in [-0.15, -0.1) is 0 Å². The highest BCUT2D eigenvalue weighted by molar-refractivity contribution is 5.88. The van der Waals surface area contributed by atoms with Crippen molar-refractivity contribution >= 4 is 17.9 Å². The van der Waals surface area contributed by atoms with E-state index in [-0.39, 0.29) is 5.56 Å². The molecule has 0 unspecified atom stereocenters. The van der Waals surface area contributed by atoms with Gasteiger partial charge in [-0.2, -0.15) is 10.2 Å². The molecule has 0 radical (unpaired) electrons. The maximum absolute atomic E-state index is 11.0. The molecule has 1 aromatic heterocycles. The molecule has 5 aromatic rings. The number of rotatable bonds is 7. The molecule has 170 valence electrons. The van der Waals surface area contributed by atoms with Crippen LogP contribution in [0.4, 0.5) is 5.69 Å². The lowest BCUT2D eigenvalue weighted by Crippen LogP contribution is -2.00. The third kappa shape index (κ3) is 5.02. The minimum absolute atomic E-state index is 0.235. The summed E-state index contributed by atoms with van der Waals surface area (Å²) >= 11 is 0.